The Balaban J connectivity index is 1.56. The average molecular weight is 358 g/mol. The molecule has 0 unspecified atom stereocenters. The standard InChI is InChI=1S/C24H26N2O/c1-16-14-19(22-8-4-6-17(2)26-22)12-13-24(16)27-15-21-20(18-10-11-18)7-5-9-23(21)25-3/h4-9,12-14,18,25H,10-11,15H2,1-3H3. The fourth-order valence-corrected chi connectivity index (χ4v) is 3.60. The van der Waals surface area contributed by atoms with E-state index in [4.69, 9.17) is 4.74 Å². The number of aromatic nitrogens is 1. The van der Waals surface area contributed by atoms with Crippen LogP contribution in [0.2, 0.25) is 0 Å². The lowest BCUT2D eigenvalue weighted by atomic mass is 10.0. The second kappa shape index (κ2) is 7.43. The van der Waals surface area contributed by atoms with E-state index in [1.165, 1.54) is 24.0 Å². The Kier molecular flexibility index (Phi) is 4.85. The number of ether oxygens (including phenoxy) is 1. The van der Waals surface area contributed by atoms with Gasteiger partial charge in [0.25, 0.3) is 0 Å². The number of aryl methyl sites for hydroxylation is 2. The van der Waals surface area contributed by atoms with Crippen LogP contribution in [-0.4, -0.2) is 12.0 Å². The van der Waals surface area contributed by atoms with Gasteiger partial charge in [-0.2, -0.15) is 0 Å². The molecular formula is C24H26N2O. The highest BCUT2D eigenvalue weighted by molar-refractivity contribution is 5.62. The zero-order valence-electron chi connectivity index (χ0n) is 16.3. The number of nitrogens with zero attached hydrogens (tertiary/aromatic N) is 1. The fourth-order valence-electron chi connectivity index (χ4n) is 3.60. The highest BCUT2D eigenvalue weighted by Gasteiger charge is 2.27. The molecule has 0 saturated heterocycles. The van der Waals surface area contributed by atoms with Gasteiger partial charge in [0, 0.05) is 29.6 Å². The molecule has 0 spiro atoms. The molecule has 138 valence electrons. The van der Waals surface area contributed by atoms with E-state index in [1.807, 2.05) is 32.2 Å². The average Bonchev–Trinajstić information content (AvgIpc) is 3.52. The van der Waals surface area contributed by atoms with Crippen molar-refractivity contribution in [3.63, 3.8) is 0 Å². The smallest absolute Gasteiger partial charge is 0.122 e. The third-order valence-electron chi connectivity index (χ3n) is 5.23. The molecule has 2 aromatic carbocycles. The normalized spacial score (nSPS) is 13.4. The first kappa shape index (κ1) is 17.6. The first-order valence-electron chi connectivity index (χ1n) is 9.62. The second-order valence-corrected chi connectivity index (χ2v) is 7.33. The minimum atomic E-state index is 0.589. The van der Waals surface area contributed by atoms with Crippen LogP contribution in [-0.2, 0) is 6.61 Å². The van der Waals surface area contributed by atoms with Crippen molar-refractivity contribution in [2.24, 2.45) is 0 Å². The molecule has 3 aromatic rings. The topological polar surface area (TPSA) is 34.1 Å². The Labute approximate surface area is 161 Å². The predicted octanol–water partition coefficient (Wildman–Crippen LogP) is 5.86. The van der Waals surface area contributed by atoms with Gasteiger partial charge in [0.2, 0.25) is 0 Å². The van der Waals surface area contributed by atoms with Gasteiger partial charge in [-0.3, -0.25) is 4.98 Å². The van der Waals surface area contributed by atoms with E-state index < -0.39 is 0 Å². The molecule has 3 heteroatoms. The SMILES string of the molecule is CNc1cccc(C2CC2)c1COc1ccc(-c2cccc(C)n2)cc1C. The van der Waals surface area contributed by atoms with Crippen LogP contribution in [0.15, 0.2) is 54.6 Å². The van der Waals surface area contributed by atoms with Crippen molar-refractivity contribution < 1.29 is 4.74 Å². The molecule has 4 rings (SSSR count). The van der Waals surface area contributed by atoms with Gasteiger partial charge >= 0.3 is 0 Å². The van der Waals surface area contributed by atoms with Crippen molar-refractivity contribution in [3.8, 4) is 17.0 Å². The summed E-state index contributed by atoms with van der Waals surface area (Å²) in [6, 6.07) is 18.9. The zero-order valence-corrected chi connectivity index (χ0v) is 16.3. The van der Waals surface area contributed by atoms with Crippen LogP contribution in [0.3, 0.4) is 0 Å². The van der Waals surface area contributed by atoms with Crippen molar-refractivity contribution in [1.82, 2.24) is 4.98 Å². The van der Waals surface area contributed by atoms with Crippen LogP contribution in [0.4, 0.5) is 5.69 Å². The van der Waals surface area contributed by atoms with Gasteiger partial charge in [-0.25, -0.2) is 0 Å². The van der Waals surface area contributed by atoms with Crippen molar-refractivity contribution in [3.05, 3.63) is 77.0 Å². The van der Waals surface area contributed by atoms with Crippen LogP contribution in [0.5, 0.6) is 5.75 Å². The minimum Gasteiger partial charge on any atom is -0.489 e. The van der Waals surface area contributed by atoms with Crippen molar-refractivity contribution in [2.45, 2.75) is 39.2 Å². The maximum absolute atomic E-state index is 6.24. The van der Waals surface area contributed by atoms with Gasteiger partial charge < -0.3 is 10.1 Å². The zero-order chi connectivity index (χ0) is 18.8. The molecule has 1 N–H and O–H groups in total. The quantitative estimate of drug-likeness (QED) is 0.599. The third-order valence-corrected chi connectivity index (χ3v) is 5.23. The number of pyridine rings is 1. The monoisotopic (exact) mass is 358 g/mol. The molecule has 1 saturated carbocycles. The number of hydrogen-bond acceptors (Lipinski definition) is 3. The molecule has 1 aliphatic rings. The van der Waals surface area contributed by atoms with E-state index in [9.17, 15) is 0 Å². The maximum atomic E-state index is 6.24. The molecule has 0 atom stereocenters. The number of nitrogens with one attached hydrogen (secondary N) is 1. The molecule has 0 aliphatic heterocycles. The largest absolute Gasteiger partial charge is 0.489 e. The summed E-state index contributed by atoms with van der Waals surface area (Å²) in [5.74, 6) is 1.63. The Morgan fingerprint density at radius 1 is 1.04 bits per heavy atom. The molecule has 1 aromatic heterocycles. The van der Waals surface area contributed by atoms with E-state index in [0.717, 1.165) is 34.0 Å². The fraction of sp³-hybridized carbons (Fsp3) is 0.292. The van der Waals surface area contributed by atoms with E-state index >= 15 is 0 Å². The number of rotatable bonds is 6. The lowest BCUT2D eigenvalue weighted by Gasteiger charge is -2.16. The summed E-state index contributed by atoms with van der Waals surface area (Å²) in [5, 5.41) is 3.32. The summed E-state index contributed by atoms with van der Waals surface area (Å²) in [4.78, 5) is 4.62. The number of anilines is 1. The molecule has 1 heterocycles. The lowest BCUT2D eigenvalue weighted by Crippen LogP contribution is -2.05. The first-order valence-corrected chi connectivity index (χ1v) is 9.62. The van der Waals surface area contributed by atoms with Crippen molar-refractivity contribution in [1.29, 1.82) is 0 Å². The summed E-state index contributed by atoms with van der Waals surface area (Å²) in [6.45, 7) is 4.70. The highest BCUT2D eigenvalue weighted by Crippen LogP contribution is 2.43. The lowest BCUT2D eigenvalue weighted by molar-refractivity contribution is 0.303. The molecule has 0 radical (unpaired) electrons. The van der Waals surface area contributed by atoms with Crippen LogP contribution < -0.4 is 10.1 Å². The van der Waals surface area contributed by atoms with E-state index in [2.05, 4.69) is 53.6 Å². The molecule has 3 nitrogen and oxygen atoms in total. The molecule has 27 heavy (non-hydrogen) atoms. The summed E-state index contributed by atoms with van der Waals surface area (Å²) in [5.41, 5.74) is 8.16. The Bertz CT molecular complexity index is 960. The van der Waals surface area contributed by atoms with E-state index in [-0.39, 0.29) is 0 Å². The third kappa shape index (κ3) is 3.82. The molecule has 1 fully saturated rings. The van der Waals surface area contributed by atoms with Gasteiger partial charge in [-0.1, -0.05) is 18.2 Å². The number of benzene rings is 2. The van der Waals surface area contributed by atoms with Crippen LogP contribution in [0.25, 0.3) is 11.3 Å². The molecule has 0 amide bonds. The number of hydrogen-bond donors (Lipinski definition) is 1. The Morgan fingerprint density at radius 2 is 1.85 bits per heavy atom. The van der Waals surface area contributed by atoms with E-state index in [0.29, 0.717) is 12.5 Å². The Morgan fingerprint density at radius 3 is 2.56 bits per heavy atom. The van der Waals surface area contributed by atoms with Gasteiger partial charge in [0.05, 0.1) is 5.69 Å². The predicted molar refractivity (Wildman–Crippen MR) is 111 cm³/mol. The van der Waals surface area contributed by atoms with Crippen LogP contribution in [0, 0.1) is 13.8 Å². The van der Waals surface area contributed by atoms with E-state index in [1.54, 1.807) is 0 Å². The first-order chi connectivity index (χ1) is 13.2. The second-order valence-electron chi connectivity index (χ2n) is 7.33. The van der Waals surface area contributed by atoms with Crippen molar-refractivity contribution in [2.75, 3.05) is 12.4 Å². The minimum absolute atomic E-state index is 0.589. The maximum Gasteiger partial charge on any atom is 0.122 e. The summed E-state index contributed by atoms with van der Waals surface area (Å²) in [6.07, 6.45) is 2.58. The summed E-state index contributed by atoms with van der Waals surface area (Å²) < 4.78 is 6.24. The van der Waals surface area contributed by atoms with Gasteiger partial charge in [-0.15, -0.1) is 0 Å². The van der Waals surface area contributed by atoms with Crippen LogP contribution in [0.1, 0.15) is 41.1 Å². The highest BCUT2D eigenvalue weighted by atomic mass is 16.5. The van der Waals surface area contributed by atoms with Crippen molar-refractivity contribution >= 4 is 5.69 Å². The van der Waals surface area contributed by atoms with Crippen LogP contribution >= 0.6 is 0 Å². The Hall–Kier alpha value is -2.81. The summed E-state index contributed by atoms with van der Waals surface area (Å²) in [7, 11) is 1.98. The van der Waals surface area contributed by atoms with Gasteiger partial charge in [0.15, 0.2) is 0 Å². The molecule has 0 bridgehead atoms. The molecule has 1 aliphatic carbocycles. The van der Waals surface area contributed by atoms with Gasteiger partial charge in [-0.05, 0) is 80.1 Å². The molecular weight excluding hydrogens is 332 g/mol. The summed E-state index contributed by atoms with van der Waals surface area (Å²) >= 11 is 0. The van der Waals surface area contributed by atoms with Gasteiger partial charge in [0.1, 0.15) is 12.4 Å².